The van der Waals surface area contributed by atoms with Crippen LogP contribution in [0, 0.1) is 0 Å². The first-order valence-electron chi connectivity index (χ1n) is 3.22. The molecule has 1 fully saturated rings. The van der Waals surface area contributed by atoms with Gasteiger partial charge in [0.1, 0.15) is 5.75 Å². The van der Waals surface area contributed by atoms with Gasteiger partial charge in [-0.2, -0.15) is 8.42 Å². The summed E-state index contributed by atoms with van der Waals surface area (Å²) < 4.78 is 39.0. The third-order valence-electron chi connectivity index (χ3n) is 1.28. The van der Waals surface area contributed by atoms with Gasteiger partial charge in [0.2, 0.25) is 0 Å². The Morgan fingerprint density at radius 1 is 1.45 bits per heavy atom. The van der Waals surface area contributed by atoms with Crippen molar-refractivity contribution in [1.82, 2.24) is 0 Å². The van der Waals surface area contributed by atoms with Gasteiger partial charge < -0.3 is 9.47 Å². The highest BCUT2D eigenvalue weighted by molar-refractivity contribution is 7.85. The molecule has 1 N–H and O–H groups in total. The molecule has 0 aromatic carbocycles. The molecule has 5 nitrogen and oxygen atoms in total. The second kappa shape index (κ2) is 3.48. The van der Waals surface area contributed by atoms with Crippen molar-refractivity contribution in [3.8, 4) is 0 Å². The Balaban J connectivity index is 2.36. The third kappa shape index (κ3) is 3.66. The lowest BCUT2D eigenvalue weighted by Crippen LogP contribution is -2.34. The predicted octanol–water partition coefficient (Wildman–Crippen LogP) is -0.710. The van der Waals surface area contributed by atoms with Gasteiger partial charge in [0.15, 0.2) is 0 Å². The molecule has 1 saturated heterocycles. The summed E-state index contributed by atoms with van der Waals surface area (Å²) in [5.41, 5.74) is 0. The van der Waals surface area contributed by atoms with Crippen molar-refractivity contribution in [3.63, 3.8) is 0 Å². The molecule has 0 bridgehead atoms. The molecule has 1 atom stereocenters. The molecule has 0 aliphatic carbocycles. The zero-order chi connectivity index (χ0) is 8.32. The van der Waals surface area contributed by atoms with Gasteiger partial charge in [-0.25, -0.2) is 0 Å². The standard InChI is InChI=1S/C5H10O5S/c6-11(7,8)4-5-3-9-1-2-10-5/h5H,1-4H2,(H,6,7,8)/t5-/m1/s1. The van der Waals surface area contributed by atoms with Crippen LogP contribution in [0.15, 0.2) is 0 Å². The second-order valence-corrected chi connectivity index (χ2v) is 3.81. The van der Waals surface area contributed by atoms with Crippen molar-refractivity contribution in [3.05, 3.63) is 0 Å². The maximum Gasteiger partial charge on any atom is 0.267 e. The van der Waals surface area contributed by atoms with E-state index in [1.54, 1.807) is 0 Å². The summed E-state index contributed by atoms with van der Waals surface area (Å²) in [5.74, 6) is -0.382. The van der Waals surface area contributed by atoms with Crippen LogP contribution in [0.4, 0.5) is 0 Å². The summed E-state index contributed by atoms with van der Waals surface area (Å²) in [4.78, 5) is 0. The van der Waals surface area contributed by atoms with Gasteiger partial charge >= 0.3 is 0 Å². The molecule has 0 aromatic rings. The number of ether oxygens (including phenoxy) is 2. The molecule has 0 aromatic heterocycles. The van der Waals surface area contributed by atoms with Crippen molar-refractivity contribution in [2.45, 2.75) is 6.10 Å². The Bertz CT molecular complexity index is 203. The fourth-order valence-electron chi connectivity index (χ4n) is 0.868. The van der Waals surface area contributed by atoms with Gasteiger partial charge in [0.25, 0.3) is 10.1 Å². The molecule has 1 aliphatic rings. The van der Waals surface area contributed by atoms with Crippen LogP contribution in [0.1, 0.15) is 0 Å². The maximum absolute atomic E-state index is 10.3. The SMILES string of the molecule is O=S(=O)(O)C[C@H]1COCCO1. The van der Waals surface area contributed by atoms with Crippen molar-refractivity contribution in [1.29, 1.82) is 0 Å². The fraction of sp³-hybridized carbons (Fsp3) is 1.00. The summed E-state index contributed by atoms with van der Waals surface area (Å²) in [6.45, 7) is 1.11. The normalized spacial score (nSPS) is 26.8. The van der Waals surface area contributed by atoms with Gasteiger partial charge in [-0.3, -0.25) is 4.55 Å². The summed E-state index contributed by atoms with van der Waals surface area (Å²) in [6.07, 6.45) is -0.515. The van der Waals surface area contributed by atoms with Gasteiger partial charge in [-0.1, -0.05) is 0 Å². The Kier molecular flexibility index (Phi) is 2.83. The highest BCUT2D eigenvalue weighted by atomic mass is 32.2. The van der Waals surface area contributed by atoms with Gasteiger partial charge in [0.05, 0.1) is 25.9 Å². The quantitative estimate of drug-likeness (QED) is 0.571. The monoisotopic (exact) mass is 182 g/mol. The second-order valence-electron chi connectivity index (χ2n) is 2.32. The number of rotatable bonds is 2. The minimum Gasteiger partial charge on any atom is -0.376 e. The molecule has 0 spiro atoms. The molecule has 6 heteroatoms. The lowest BCUT2D eigenvalue weighted by atomic mass is 10.4. The van der Waals surface area contributed by atoms with E-state index >= 15 is 0 Å². The van der Waals surface area contributed by atoms with Crippen LogP contribution in [0.25, 0.3) is 0 Å². The molecule has 0 amide bonds. The van der Waals surface area contributed by atoms with E-state index in [-0.39, 0.29) is 12.4 Å². The van der Waals surface area contributed by atoms with Crippen LogP contribution in [-0.2, 0) is 19.6 Å². The van der Waals surface area contributed by atoms with Crippen molar-refractivity contribution < 1.29 is 22.4 Å². The highest BCUT2D eigenvalue weighted by Crippen LogP contribution is 2.02. The molecular weight excluding hydrogens is 172 g/mol. The Hall–Kier alpha value is -0.170. The van der Waals surface area contributed by atoms with E-state index in [2.05, 4.69) is 0 Å². The molecule has 1 aliphatic heterocycles. The lowest BCUT2D eigenvalue weighted by molar-refractivity contribution is -0.0786. The summed E-state index contributed by atoms with van der Waals surface area (Å²) in [7, 11) is -3.93. The lowest BCUT2D eigenvalue weighted by Gasteiger charge is -2.21. The Labute approximate surface area is 65.0 Å². The minimum absolute atomic E-state index is 0.236. The highest BCUT2D eigenvalue weighted by Gasteiger charge is 2.20. The Morgan fingerprint density at radius 2 is 2.18 bits per heavy atom. The van der Waals surface area contributed by atoms with E-state index in [1.165, 1.54) is 0 Å². The summed E-state index contributed by atoms with van der Waals surface area (Å²) in [6, 6.07) is 0. The first kappa shape index (κ1) is 8.92. The van der Waals surface area contributed by atoms with E-state index in [4.69, 9.17) is 14.0 Å². The van der Waals surface area contributed by atoms with E-state index in [0.29, 0.717) is 13.2 Å². The summed E-state index contributed by atoms with van der Waals surface area (Å²) in [5, 5.41) is 0. The summed E-state index contributed by atoms with van der Waals surface area (Å²) >= 11 is 0. The molecule has 66 valence electrons. The smallest absolute Gasteiger partial charge is 0.267 e. The van der Waals surface area contributed by atoms with Crippen molar-refractivity contribution in [2.75, 3.05) is 25.6 Å². The van der Waals surface area contributed by atoms with Crippen LogP contribution in [0.3, 0.4) is 0 Å². The topological polar surface area (TPSA) is 72.8 Å². The van der Waals surface area contributed by atoms with Gasteiger partial charge in [0, 0.05) is 0 Å². The van der Waals surface area contributed by atoms with Crippen molar-refractivity contribution in [2.24, 2.45) is 0 Å². The number of hydrogen-bond acceptors (Lipinski definition) is 4. The van der Waals surface area contributed by atoms with E-state index < -0.39 is 16.2 Å². The molecule has 11 heavy (non-hydrogen) atoms. The molecule has 0 radical (unpaired) electrons. The van der Waals surface area contributed by atoms with Crippen LogP contribution in [-0.4, -0.2) is 44.6 Å². The predicted molar refractivity (Wildman–Crippen MR) is 37.0 cm³/mol. The van der Waals surface area contributed by atoms with Gasteiger partial charge in [-0.15, -0.1) is 0 Å². The zero-order valence-corrected chi connectivity index (χ0v) is 6.71. The van der Waals surface area contributed by atoms with Crippen LogP contribution in [0.2, 0.25) is 0 Å². The minimum atomic E-state index is -3.93. The molecular formula is C5H10O5S. The molecule has 0 unspecified atom stereocenters. The van der Waals surface area contributed by atoms with Crippen molar-refractivity contribution >= 4 is 10.1 Å². The fourth-order valence-corrected chi connectivity index (χ4v) is 1.53. The molecule has 1 heterocycles. The van der Waals surface area contributed by atoms with E-state index in [1.807, 2.05) is 0 Å². The Morgan fingerprint density at radius 3 is 2.64 bits per heavy atom. The average Bonchev–Trinajstić information content (AvgIpc) is 1.85. The van der Waals surface area contributed by atoms with Crippen LogP contribution in [0.5, 0.6) is 0 Å². The number of hydrogen-bond donors (Lipinski definition) is 1. The van der Waals surface area contributed by atoms with Gasteiger partial charge in [-0.05, 0) is 0 Å². The van der Waals surface area contributed by atoms with Crippen LogP contribution >= 0.6 is 0 Å². The largest absolute Gasteiger partial charge is 0.376 e. The molecule has 1 rings (SSSR count). The maximum atomic E-state index is 10.3. The molecule has 0 saturated carbocycles. The first-order chi connectivity index (χ1) is 5.08. The van der Waals surface area contributed by atoms with E-state index in [0.717, 1.165) is 0 Å². The zero-order valence-electron chi connectivity index (χ0n) is 5.89. The van der Waals surface area contributed by atoms with Crippen LogP contribution < -0.4 is 0 Å². The van der Waals surface area contributed by atoms with E-state index in [9.17, 15) is 8.42 Å². The third-order valence-corrected chi connectivity index (χ3v) is 2.07. The average molecular weight is 182 g/mol. The first-order valence-corrected chi connectivity index (χ1v) is 4.83.